The third kappa shape index (κ3) is 3.77. The summed E-state index contributed by atoms with van der Waals surface area (Å²) in [6.07, 6.45) is 8.37. The molecule has 0 bridgehead atoms. The number of aromatic nitrogens is 1. The topological polar surface area (TPSA) is 3.88 Å². The van der Waals surface area contributed by atoms with E-state index in [0.717, 1.165) is 0 Å². The summed E-state index contributed by atoms with van der Waals surface area (Å²) in [4.78, 5) is 0. The minimum absolute atomic E-state index is 0. The third-order valence-corrected chi connectivity index (χ3v) is 2.23. The number of hydrogen-bond donors (Lipinski definition) is 0. The van der Waals surface area contributed by atoms with E-state index in [9.17, 15) is 0 Å². The van der Waals surface area contributed by atoms with Crippen LogP contribution in [-0.4, -0.2) is 0 Å². The zero-order valence-electron chi connectivity index (χ0n) is 9.18. The maximum absolute atomic E-state index is 2.12. The molecule has 0 N–H and O–H groups in total. The fraction of sp³-hybridized carbons (Fsp3) is 0.0714. The lowest BCUT2D eigenvalue weighted by Crippen LogP contribution is -3.00. The Morgan fingerprint density at radius 1 is 0.875 bits per heavy atom. The van der Waals surface area contributed by atoms with Gasteiger partial charge in [-0.1, -0.05) is 36.4 Å². The minimum atomic E-state index is 0. The van der Waals surface area contributed by atoms with E-state index >= 15 is 0 Å². The summed E-state index contributed by atoms with van der Waals surface area (Å²) in [5.74, 6) is 0. The molecule has 0 aliphatic rings. The van der Waals surface area contributed by atoms with Gasteiger partial charge < -0.3 is 24.0 Å². The average Bonchev–Trinajstić information content (AvgIpc) is 2.28. The van der Waals surface area contributed by atoms with Crippen LogP contribution in [0, 0.1) is 0 Å². The second-order valence-electron chi connectivity index (χ2n) is 3.55. The van der Waals surface area contributed by atoms with Gasteiger partial charge in [0, 0.05) is 11.6 Å². The normalized spacial score (nSPS) is 10.1. The zero-order valence-corrected chi connectivity index (χ0v) is 11.3. The zero-order chi connectivity index (χ0) is 10.5. The van der Waals surface area contributed by atoms with Gasteiger partial charge in [-0.15, -0.1) is 0 Å². The summed E-state index contributed by atoms with van der Waals surface area (Å²) in [7, 11) is 2.03. The Balaban J connectivity index is 0.00000128. The highest BCUT2D eigenvalue weighted by atomic mass is 127. The lowest BCUT2D eigenvalue weighted by Gasteiger charge is -1.92. The third-order valence-electron chi connectivity index (χ3n) is 2.23. The van der Waals surface area contributed by atoms with E-state index in [1.807, 2.05) is 42.1 Å². The van der Waals surface area contributed by atoms with Crippen molar-refractivity contribution in [3.05, 3.63) is 66.0 Å². The second-order valence-corrected chi connectivity index (χ2v) is 3.55. The molecule has 1 heterocycles. The smallest absolute Gasteiger partial charge is 0.175 e. The fourth-order valence-electron chi connectivity index (χ4n) is 1.47. The van der Waals surface area contributed by atoms with Crippen LogP contribution >= 0.6 is 0 Å². The summed E-state index contributed by atoms with van der Waals surface area (Å²) in [6.45, 7) is 0. The summed E-state index contributed by atoms with van der Waals surface area (Å²) < 4.78 is 2.05. The molecule has 1 aromatic carbocycles. The van der Waals surface area contributed by atoms with Crippen LogP contribution in [-0.2, 0) is 7.05 Å². The Kier molecular flexibility index (Phi) is 5.19. The first-order valence-electron chi connectivity index (χ1n) is 5.03. The average molecular weight is 323 g/mol. The van der Waals surface area contributed by atoms with Gasteiger partial charge in [0.25, 0.3) is 0 Å². The highest BCUT2D eigenvalue weighted by molar-refractivity contribution is 5.68. The van der Waals surface area contributed by atoms with Crippen molar-refractivity contribution in [1.29, 1.82) is 0 Å². The molecule has 2 heteroatoms. The molecular weight excluding hydrogens is 309 g/mol. The van der Waals surface area contributed by atoms with Crippen LogP contribution in [0.3, 0.4) is 0 Å². The van der Waals surface area contributed by atoms with Gasteiger partial charge in [0.05, 0.1) is 0 Å². The first kappa shape index (κ1) is 12.9. The number of halogens is 1. The minimum Gasteiger partial charge on any atom is -1.00 e. The molecule has 16 heavy (non-hydrogen) atoms. The van der Waals surface area contributed by atoms with Crippen molar-refractivity contribution in [3.63, 3.8) is 0 Å². The van der Waals surface area contributed by atoms with Crippen LogP contribution in [0.15, 0.2) is 54.9 Å². The predicted octanol–water partition coefficient (Wildman–Crippen LogP) is -0.315. The molecule has 0 aliphatic heterocycles. The van der Waals surface area contributed by atoms with Crippen molar-refractivity contribution in [3.8, 4) is 0 Å². The summed E-state index contributed by atoms with van der Waals surface area (Å²) in [6, 6.07) is 14.5. The molecule has 0 unspecified atom stereocenters. The molecular formula is C14H14IN. The standard InChI is InChI=1S/C14H14N.HI/c1-15-11-5-8-14(12-15)10-9-13-6-3-2-4-7-13;/h2-12H,1H3;1H/q+1;/p-1. The van der Waals surface area contributed by atoms with Crippen LogP contribution in [0.25, 0.3) is 12.2 Å². The maximum atomic E-state index is 2.12. The first-order chi connectivity index (χ1) is 7.34. The van der Waals surface area contributed by atoms with Crippen molar-refractivity contribution in [2.75, 3.05) is 0 Å². The molecule has 1 nitrogen and oxygen atoms in total. The summed E-state index contributed by atoms with van der Waals surface area (Å²) in [5, 5.41) is 0. The van der Waals surface area contributed by atoms with E-state index in [0.29, 0.717) is 0 Å². The Labute approximate surface area is 113 Å². The Morgan fingerprint density at radius 2 is 1.50 bits per heavy atom. The van der Waals surface area contributed by atoms with Gasteiger partial charge in [-0.05, 0) is 17.7 Å². The highest BCUT2D eigenvalue weighted by Gasteiger charge is 1.92. The van der Waals surface area contributed by atoms with Crippen molar-refractivity contribution in [2.24, 2.45) is 7.05 Å². The van der Waals surface area contributed by atoms with E-state index in [1.165, 1.54) is 11.1 Å². The molecule has 0 atom stereocenters. The van der Waals surface area contributed by atoms with Gasteiger partial charge in [0.2, 0.25) is 0 Å². The largest absolute Gasteiger partial charge is 1.00 e. The predicted molar refractivity (Wildman–Crippen MR) is 63.0 cm³/mol. The Bertz CT molecular complexity index is 463. The number of hydrogen-bond acceptors (Lipinski definition) is 0. The number of pyridine rings is 1. The van der Waals surface area contributed by atoms with Gasteiger partial charge in [-0.25, -0.2) is 4.57 Å². The molecule has 0 spiro atoms. The van der Waals surface area contributed by atoms with Crippen molar-refractivity contribution in [1.82, 2.24) is 0 Å². The number of nitrogens with zero attached hydrogens (tertiary/aromatic N) is 1. The lowest BCUT2D eigenvalue weighted by molar-refractivity contribution is -0.671. The molecule has 0 saturated carbocycles. The van der Waals surface area contributed by atoms with E-state index in [-0.39, 0.29) is 24.0 Å². The summed E-state index contributed by atoms with van der Waals surface area (Å²) >= 11 is 0. The molecule has 0 amide bonds. The van der Waals surface area contributed by atoms with Crippen LogP contribution < -0.4 is 28.5 Å². The van der Waals surface area contributed by atoms with Gasteiger partial charge in [-0.3, -0.25) is 0 Å². The molecule has 0 saturated heterocycles. The van der Waals surface area contributed by atoms with E-state index in [2.05, 4.69) is 36.5 Å². The number of aryl methyl sites for hydroxylation is 1. The molecule has 0 fully saturated rings. The molecule has 0 radical (unpaired) electrons. The lowest BCUT2D eigenvalue weighted by atomic mass is 10.2. The fourth-order valence-corrected chi connectivity index (χ4v) is 1.47. The number of rotatable bonds is 2. The van der Waals surface area contributed by atoms with Crippen LogP contribution in [0.5, 0.6) is 0 Å². The molecule has 1 aromatic heterocycles. The molecule has 82 valence electrons. The van der Waals surface area contributed by atoms with Crippen LogP contribution in [0.4, 0.5) is 0 Å². The maximum Gasteiger partial charge on any atom is 0.175 e. The van der Waals surface area contributed by atoms with Crippen LogP contribution in [0.2, 0.25) is 0 Å². The molecule has 2 rings (SSSR count). The summed E-state index contributed by atoms with van der Waals surface area (Å²) in [5.41, 5.74) is 2.44. The monoisotopic (exact) mass is 323 g/mol. The van der Waals surface area contributed by atoms with E-state index in [1.54, 1.807) is 0 Å². The van der Waals surface area contributed by atoms with Crippen molar-refractivity contribution in [2.45, 2.75) is 0 Å². The molecule has 2 aromatic rings. The second kappa shape index (κ2) is 6.43. The van der Waals surface area contributed by atoms with Crippen LogP contribution in [0.1, 0.15) is 11.1 Å². The van der Waals surface area contributed by atoms with Gasteiger partial charge in [-0.2, -0.15) is 0 Å². The highest BCUT2D eigenvalue weighted by Crippen LogP contribution is 2.05. The van der Waals surface area contributed by atoms with E-state index in [4.69, 9.17) is 0 Å². The van der Waals surface area contributed by atoms with Gasteiger partial charge >= 0.3 is 0 Å². The molecule has 0 aliphatic carbocycles. The Hall–Kier alpha value is -1.16. The van der Waals surface area contributed by atoms with Gasteiger partial charge in [0.1, 0.15) is 7.05 Å². The van der Waals surface area contributed by atoms with Crippen molar-refractivity contribution >= 4 is 12.2 Å². The number of benzene rings is 1. The van der Waals surface area contributed by atoms with Gasteiger partial charge in [0.15, 0.2) is 12.4 Å². The Morgan fingerprint density at radius 3 is 2.19 bits per heavy atom. The van der Waals surface area contributed by atoms with E-state index < -0.39 is 0 Å². The van der Waals surface area contributed by atoms with Crippen molar-refractivity contribution < 1.29 is 28.5 Å². The SMILES string of the molecule is C[n+]1cccc(C=Cc2ccccc2)c1.[I-]. The first-order valence-corrected chi connectivity index (χ1v) is 5.03. The quantitative estimate of drug-likeness (QED) is 0.527.